The lowest BCUT2D eigenvalue weighted by Gasteiger charge is -2.34. The summed E-state index contributed by atoms with van der Waals surface area (Å²) in [5, 5.41) is 3.25. The molecule has 2 atom stereocenters. The molecule has 0 spiro atoms. The maximum atomic E-state index is 13.2. The van der Waals surface area contributed by atoms with Gasteiger partial charge in [-0.15, -0.1) is 0 Å². The van der Waals surface area contributed by atoms with Gasteiger partial charge in [0.1, 0.15) is 0 Å². The first-order chi connectivity index (χ1) is 16.2. The third kappa shape index (κ3) is 4.92. The number of aromatic nitrogens is 2. The number of imidazole rings is 1. The molecule has 1 saturated carbocycles. The van der Waals surface area contributed by atoms with E-state index in [1.807, 2.05) is 18.2 Å². The maximum absolute atomic E-state index is 13.2. The quantitative estimate of drug-likeness (QED) is 0.530. The third-order valence-electron chi connectivity index (χ3n) is 7.53. The summed E-state index contributed by atoms with van der Waals surface area (Å²) in [5.74, 6) is 1.93. The Morgan fingerprint density at radius 3 is 2.58 bits per heavy atom. The molecule has 33 heavy (non-hydrogen) atoms. The minimum atomic E-state index is -0.00662. The monoisotopic (exact) mass is 444 g/mol. The second kappa shape index (κ2) is 9.98. The number of para-hydroxylation sites is 2. The van der Waals surface area contributed by atoms with Crippen LogP contribution >= 0.6 is 0 Å². The molecule has 2 aromatic carbocycles. The number of hydrogen-bond acceptors (Lipinski definition) is 3. The van der Waals surface area contributed by atoms with Crippen LogP contribution in [-0.2, 0) is 11.3 Å². The summed E-state index contributed by atoms with van der Waals surface area (Å²) in [4.78, 5) is 20.6. The van der Waals surface area contributed by atoms with Crippen LogP contribution in [0.1, 0.15) is 63.5 Å². The van der Waals surface area contributed by atoms with Crippen LogP contribution in [0.2, 0.25) is 0 Å². The number of piperidine rings is 1. The maximum Gasteiger partial charge on any atom is 0.225 e. The van der Waals surface area contributed by atoms with Gasteiger partial charge in [0.2, 0.25) is 11.9 Å². The van der Waals surface area contributed by atoms with Gasteiger partial charge in [-0.3, -0.25) is 4.79 Å². The topological polar surface area (TPSA) is 50.2 Å². The van der Waals surface area contributed by atoms with Gasteiger partial charge in [-0.05, 0) is 56.2 Å². The number of rotatable bonds is 6. The van der Waals surface area contributed by atoms with Crippen LogP contribution in [0.5, 0.6) is 0 Å². The van der Waals surface area contributed by atoms with Crippen LogP contribution in [0.4, 0.5) is 5.95 Å². The molecular weight excluding hydrogens is 408 g/mol. The summed E-state index contributed by atoms with van der Waals surface area (Å²) in [5.41, 5.74) is 3.43. The number of fused-ring (bicyclic) bond motifs is 1. The number of amides is 1. The molecule has 1 amide bonds. The van der Waals surface area contributed by atoms with Crippen LogP contribution in [-0.4, -0.2) is 28.5 Å². The summed E-state index contributed by atoms with van der Waals surface area (Å²) in [6.45, 7) is 4.80. The van der Waals surface area contributed by atoms with Crippen molar-refractivity contribution in [3.8, 4) is 0 Å². The van der Waals surface area contributed by atoms with E-state index < -0.39 is 0 Å². The van der Waals surface area contributed by atoms with Crippen molar-refractivity contribution in [3.05, 3.63) is 60.2 Å². The first-order valence-corrected chi connectivity index (χ1v) is 12.7. The van der Waals surface area contributed by atoms with Crippen LogP contribution in [0, 0.1) is 11.8 Å². The first-order valence-electron chi connectivity index (χ1n) is 12.7. The number of benzene rings is 2. The first kappa shape index (κ1) is 22.0. The molecule has 5 heteroatoms. The standard InChI is InChI=1S/C28H36N4O/c1-21(23-13-6-3-7-14-23)29-27(33)24-15-10-18-31(20-24)28-30-25-16-8-9-17-26(25)32(28)19-22-11-4-2-5-12-22/h3,6-9,13-14,16-17,21-22,24H,2,4-5,10-12,15,18-20H2,1H3,(H,29,33). The van der Waals surface area contributed by atoms with Gasteiger partial charge in [0.05, 0.1) is 23.0 Å². The van der Waals surface area contributed by atoms with E-state index in [9.17, 15) is 4.79 Å². The molecule has 1 saturated heterocycles. The number of hydrogen-bond donors (Lipinski definition) is 1. The van der Waals surface area contributed by atoms with Gasteiger partial charge < -0.3 is 14.8 Å². The predicted octanol–water partition coefficient (Wildman–Crippen LogP) is 5.71. The normalized spacial score (nSPS) is 20.6. The molecule has 1 aromatic heterocycles. The van der Waals surface area contributed by atoms with Gasteiger partial charge >= 0.3 is 0 Å². The molecule has 0 radical (unpaired) electrons. The summed E-state index contributed by atoms with van der Waals surface area (Å²) in [7, 11) is 0. The highest BCUT2D eigenvalue weighted by Gasteiger charge is 2.30. The smallest absolute Gasteiger partial charge is 0.225 e. The molecule has 174 valence electrons. The molecule has 2 fully saturated rings. The van der Waals surface area contributed by atoms with Crippen molar-refractivity contribution < 1.29 is 4.79 Å². The molecule has 1 aliphatic heterocycles. The zero-order valence-electron chi connectivity index (χ0n) is 19.7. The third-order valence-corrected chi connectivity index (χ3v) is 7.53. The van der Waals surface area contributed by atoms with Crippen LogP contribution in [0.25, 0.3) is 11.0 Å². The minimum Gasteiger partial charge on any atom is -0.349 e. The largest absolute Gasteiger partial charge is 0.349 e. The zero-order chi connectivity index (χ0) is 22.6. The van der Waals surface area contributed by atoms with Gasteiger partial charge in [0.15, 0.2) is 0 Å². The van der Waals surface area contributed by atoms with Crippen molar-refractivity contribution in [1.29, 1.82) is 0 Å². The zero-order valence-corrected chi connectivity index (χ0v) is 19.7. The van der Waals surface area contributed by atoms with Crippen LogP contribution in [0.3, 0.4) is 0 Å². The molecule has 2 heterocycles. The van der Waals surface area contributed by atoms with E-state index >= 15 is 0 Å². The molecular formula is C28H36N4O. The number of carbonyl (C=O) groups excluding carboxylic acids is 1. The van der Waals surface area contributed by atoms with Crippen molar-refractivity contribution >= 4 is 22.9 Å². The second-order valence-corrected chi connectivity index (χ2v) is 9.94. The Bertz CT molecular complexity index is 1070. The second-order valence-electron chi connectivity index (χ2n) is 9.94. The lowest BCUT2D eigenvalue weighted by molar-refractivity contribution is -0.125. The number of nitrogens with one attached hydrogen (secondary N) is 1. The van der Waals surface area contributed by atoms with Gasteiger partial charge in [0.25, 0.3) is 0 Å². The predicted molar refractivity (Wildman–Crippen MR) is 134 cm³/mol. The van der Waals surface area contributed by atoms with Crippen molar-refractivity contribution in [3.63, 3.8) is 0 Å². The molecule has 5 rings (SSSR count). The molecule has 5 nitrogen and oxygen atoms in total. The van der Waals surface area contributed by atoms with E-state index in [0.29, 0.717) is 0 Å². The number of carbonyl (C=O) groups is 1. The molecule has 2 unspecified atom stereocenters. The Balaban J connectivity index is 1.34. The summed E-state index contributed by atoms with van der Waals surface area (Å²) < 4.78 is 2.44. The average Bonchev–Trinajstić information content (AvgIpc) is 3.23. The summed E-state index contributed by atoms with van der Waals surface area (Å²) in [6.07, 6.45) is 8.65. The Morgan fingerprint density at radius 1 is 1.00 bits per heavy atom. The van der Waals surface area contributed by atoms with Crippen LogP contribution < -0.4 is 10.2 Å². The fraction of sp³-hybridized carbons (Fsp3) is 0.500. The van der Waals surface area contributed by atoms with Crippen molar-refractivity contribution in [2.24, 2.45) is 11.8 Å². The van der Waals surface area contributed by atoms with E-state index in [2.05, 4.69) is 58.1 Å². The van der Waals surface area contributed by atoms with Gasteiger partial charge in [-0.25, -0.2) is 4.98 Å². The SMILES string of the molecule is CC(NC(=O)C1CCCN(c2nc3ccccc3n2CC2CCCCC2)C1)c1ccccc1. The fourth-order valence-corrected chi connectivity index (χ4v) is 5.64. The Morgan fingerprint density at radius 2 is 1.76 bits per heavy atom. The lowest BCUT2D eigenvalue weighted by Crippen LogP contribution is -2.44. The number of nitrogens with zero attached hydrogens (tertiary/aromatic N) is 3. The van der Waals surface area contributed by atoms with Crippen molar-refractivity contribution in [1.82, 2.24) is 14.9 Å². The fourth-order valence-electron chi connectivity index (χ4n) is 5.64. The van der Waals surface area contributed by atoms with Crippen LogP contribution in [0.15, 0.2) is 54.6 Å². The Labute approximate surface area is 197 Å². The molecule has 2 aliphatic rings. The van der Waals surface area contributed by atoms with Gasteiger partial charge in [0, 0.05) is 19.6 Å². The highest BCUT2D eigenvalue weighted by molar-refractivity contribution is 5.81. The minimum absolute atomic E-state index is 0.00662. The summed E-state index contributed by atoms with van der Waals surface area (Å²) >= 11 is 0. The number of anilines is 1. The molecule has 1 N–H and O–H groups in total. The van der Waals surface area contributed by atoms with Gasteiger partial charge in [-0.1, -0.05) is 61.7 Å². The average molecular weight is 445 g/mol. The molecule has 0 bridgehead atoms. The highest BCUT2D eigenvalue weighted by Crippen LogP contribution is 2.31. The van der Waals surface area contributed by atoms with Crippen molar-refractivity contribution in [2.75, 3.05) is 18.0 Å². The summed E-state index contributed by atoms with van der Waals surface area (Å²) in [6, 6.07) is 18.7. The lowest BCUT2D eigenvalue weighted by atomic mass is 9.89. The van der Waals surface area contributed by atoms with Crippen molar-refractivity contribution in [2.45, 2.75) is 64.5 Å². The molecule has 3 aromatic rings. The van der Waals surface area contributed by atoms with E-state index in [4.69, 9.17) is 4.98 Å². The van der Waals surface area contributed by atoms with Gasteiger partial charge in [-0.2, -0.15) is 0 Å². The Hall–Kier alpha value is -2.82. The van der Waals surface area contributed by atoms with E-state index in [-0.39, 0.29) is 17.9 Å². The highest BCUT2D eigenvalue weighted by atomic mass is 16.2. The van der Waals surface area contributed by atoms with E-state index in [1.54, 1.807) is 0 Å². The van der Waals surface area contributed by atoms with E-state index in [1.165, 1.54) is 37.6 Å². The van der Waals surface area contributed by atoms with E-state index in [0.717, 1.165) is 55.4 Å². The molecule has 1 aliphatic carbocycles. The Kier molecular flexibility index (Phi) is 6.65.